The summed E-state index contributed by atoms with van der Waals surface area (Å²) >= 11 is 0. The lowest BCUT2D eigenvalue weighted by molar-refractivity contribution is -0.128. The number of likely N-dealkylation sites (tertiary alicyclic amines) is 1. The van der Waals surface area contributed by atoms with Gasteiger partial charge in [0.1, 0.15) is 0 Å². The molecule has 1 fully saturated rings. The quantitative estimate of drug-likeness (QED) is 0.303. The maximum Gasteiger partial charge on any atom is 0.344 e. The van der Waals surface area contributed by atoms with Crippen LogP contribution in [-0.4, -0.2) is 34.9 Å². The minimum absolute atomic E-state index is 0.188. The highest BCUT2D eigenvalue weighted by atomic mass is 16.2. The first-order valence-corrected chi connectivity index (χ1v) is 3.81. The first-order chi connectivity index (χ1) is 5.34. The summed E-state index contributed by atoms with van der Waals surface area (Å²) < 4.78 is 0. The highest BCUT2D eigenvalue weighted by Gasteiger charge is 2.16. The van der Waals surface area contributed by atoms with E-state index < -0.39 is 0 Å². The van der Waals surface area contributed by atoms with Crippen molar-refractivity contribution in [2.75, 3.05) is 13.1 Å². The summed E-state index contributed by atoms with van der Waals surface area (Å²) in [5.41, 5.74) is 8.09. The molecule has 1 aliphatic heterocycles. The van der Waals surface area contributed by atoms with E-state index in [1.54, 1.807) is 4.90 Å². The molecule has 0 saturated carbocycles. The number of amides is 1. The van der Waals surface area contributed by atoms with Gasteiger partial charge in [0.05, 0.1) is 0 Å². The molecule has 1 heterocycles. The Hall–Kier alpha value is -1.15. The second kappa shape index (κ2) is 3.88. The minimum atomic E-state index is -0.188. The van der Waals surface area contributed by atoms with Crippen LogP contribution in [-0.2, 0) is 4.79 Å². The summed E-state index contributed by atoms with van der Waals surface area (Å²) in [6, 6.07) is 0. The van der Waals surface area contributed by atoms with E-state index >= 15 is 0 Å². The van der Waals surface area contributed by atoms with Crippen LogP contribution >= 0.6 is 0 Å². The fourth-order valence-electron chi connectivity index (χ4n) is 1.25. The van der Waals surface area contributed by atoms with E-state index in [9.17, 15) is 4.79 Å². The maximum atomic E-state index is 11.0. The molecule has 1 saturated heterocycles. The standard InChI is InChI=1S/C7H11N3O/c8-9-6-7(11)10-4-2-1-3-5-10/h6H,1-5H2. The Kier molecular flexibility index (Phi) is 2.81. The van der Waals surface area contributed by atoms with Crippen molar-refractivity contribution in [3.63, 3.8) is 0 Å². The van der Waals surface area contributed by atoms with Crippen LogP contribution in [0.5, 0.6) is 0 Å². The lowest BCUT2D eigenvalue weighted by atomic mass is 10.1. The van der Waals surface area contributed by atoms with Crippen LogP contribution < -0.4 is 0 Å². The Morgan fingerprint density at radius 2 is 2.00 bits per heavy atom. The van der Waals surface area contributed by atoms with Crippen molar-refractivity contribution in [1.82, 2.24) is 4.90 Å². The van der Waals surface area contributed by atoms with Crippen LogP contribution in [0.1, 0.15) is 19.3 Å². The molecular formula is C7H11N3O. The van der Waals surface area contributed by atoms with E-state index in [0.29, 0.717) is 0 Å². The third-order valence-electron chi connectivity index (χ3n) is 1.84. The van der Waals surface area contributed by atoms with Crippen molar-refractivity contribution in [3.8, 4) is 0 Å². The van der Waals surface area contributed by atoms with E-state index in [2.05, 4.69) is 4.79 Å². The van der Waals surface area contributed by atoms with Crippen molar-refractivity contribution in [2.24, 2.45) is 0 Å². The molecule has 4 nitrogen and oxygen atoms in total. The highest BCUT2D eigenvalue weighted by Crippen LogP contribution is 2.07. The van der Waals surface area contributed by atoms with Crippen LogP contribution in [0, 0.1) is 0 Å². The lowest BCUT2D eigenvalue weighted by Gasteiger charge is -2.23. The second-order valence-electron chi connectivity index (χ2n) is 2.63. The number of piperidine rings is 1. The van der Waals surface area contributed by atoms with Gasteiger partial charge in [0.15, 0.2) is 0 Å². The number of hydrogen-bond acceptors (Lipinski definition) is 1. The molecule has 60 valence electrons. The molecule has 0 atom stereocenters. The molecule has 0 N–H and O–H groups in total. The average Bonchev–Trinajstić information content (AvgIpc) is 2.07. The van der Waals surface area contributed by atoms with Crippen molar-refractivity contribution in [3.05, 3.63) is 5.53 Å². The van der Waals surface area contributed by atoms with Crippen LogP contribution in [0.15, 0.2) is 0 Å². The van der Waals surface area contributed by atoms with Crippen molar-refractivity contribution in [2.45, 2.75) is 19.3 Å². The molecule has 1 rings (SSSR count). The predicted octanol–water partition coefficient (Wildman–Crippen LogP) is 0.300. The molecular weight excluding hydrogens is 142 g/mol. The maximum absolute atomic E-state index is 11.0. The summed E-state index contributed by atoms with van der Waals surface area (Å²) in [5.74, 6) is -0.188. The van der Waals surface area contributed by atoms with E-state index in [4.69, 9.17) is 5.53 Å². The normalized spacial score (nSPS) is 17.3. The minimum Gasteiger partial charge on any atom is -0.361 e. The van der Waals surface area contributed by atoms with Crippen LogP contribution in [0.25, 0.3) is 5.53 Å². The van der Waals surface area contributed by atoms with Crippen molar-refractivity contribution >= 4 is 12.1 Å². The number of rotatable bonds is 1. The van der Waals surface area contributed by atoms with E-state index in [0.717, 1.165) is 32.1 Å². The van der Waals surface area contributed by atoms with Gasteiger partial charge < -0.3 is 10.4 Å². The number of carbonyl (C=O) groups is 1. The third-order valence-corrected chi connectivity index (χ3v) is 1.84. The topological polar surface area (TPSA) is 56.7 Å². The summed E-state index contributed by atoms with van der Waals surface area (Å²) in [5, 5.41) is 0. The summed E-state index contributed by atoms with van der Waals surface area (Å²) in [4.78, 5) is 15.4. The zero-order valence-corrected chi connectivity index (χ0v) is 6.36. The smallest absolute Gasteiger partial charge is 0.344 e. The van der Waals surface area contributed by atoms with Gasteiger partial charge >= 0.3 is 12.1 Å². The lowest BCUT2D eigenvalue weighted by Crippen LogP contribution is -2.36. The van der Waals surface area contributed by atoms with Gasteiger partial charge in [-0.15, -0.1) is 0 Å². The number of nitrogens with zero attached hydrogens (tertiary/aromatic N) is 3. The molecule has 0 aromatic carbocycles. The summed E-state index contributed by atoms with van der Waals surface area (Å²) in [6.45, 7) is 1.59. The van der Waals surface area contributed by atoms with Gasteiger partial charge in [-0.1, -0.05) is 0 Å². The monoisotopic (exact) mass is 153 g/mol. The van der Waals surface area contributed by atoms with Crippen molar-refractivity contribution in [1.29, 1.82) is 0 Å². The van der Waals surface area contributed by atoms with Gasteiger partial charge in [-0.05, 0) is 19.3 Å². The Morgan fingerprint density at radius 3 is 2.55 bits per heavy atom. The molecule has 0 aromatic rings. The highest BCUT2D eigenvalue weighted by molar-refractivity contribution is 6.23. The molecule has 1 amide bonds. The second-order valence-corrected chi connectivity index (χ2v) is 2.63. The predicted molar refractivity (Wildman–Crippen MR) is 40.1 cm³/mol. The van der Waals surface area contributed by atoms with E-state index in [1.807, 2.05) is 0 Å². The zero-order chi connectivity index (χ0) is 8.10. The molecule has 11 heavy (non-hydrogen) atoms. The van der Waals surface area contributed by atoms with Gasteiger partial charge in [-0.3, -0.25) is 4.79 Å². The summed E-state index contributed by atoms with van der Waals surface area (Å²) in [6.07, 6.45) is 4.27. The van der Waals surface area contributed by atoms with Gasteiger partial charge in [0.2, 0.25) is 0 Å². The molecule has 0 spiro atoms. The van der Waals surface area contributed by atoms with Gasteiger partial charge in [0, 0.05) is 13.1 Å². The fraction of sp³-hybridized carbons (Fsp3) is 0.714. The van der Waals surface area contributed by atoms with Gasteiger partial charge in [-0.25, -0.2) is 0 Å². The Labute approximate surface area is 65.4 Å². The molecule has 0 radical (unpaired) electrons. The molecule has 1 aliphatic rings. The first-order valence-electron chi connectivity index (χ1n) is 3.81. The van der Waals surface area contributed by atoms with Crippen LogP contribution in [0.3, 0.4) is 0 Å². The van der Waals surface area contributed by atoms with E-state index in [1.165, 1.54) is 6.42 Å². The van der Waals surface area contributed by atoms with E-state index in [-0.39, 0.29) is 5.91 Å². The van der Waals surface area contributed by atoms with Gasteiger partial charge in [-0.2, -0.15) is 4.79 Å². The largest absolute Gasteiger partial charge is 0.361 e. The Balaban J connectivity index is 2.44. The number of carbonyl (C=O) groups excluding carboxylic acids is 1. The van der Waals surface area contributed by atoms with Crippen molar-refractivity contribution < 1.29 is 9.58 Å². The molecule has 0 unspecified atom stereocenters. The fourth-order valence-corrected chi connectivity index (χ4v) is 1.25. The SMILES string of the molecule is [N-]=[N+]=CC(=O)N1CCCCC1. The number of hydrogen-bond donors (Lipinski definition) is 0. The Bertz CT molecular complexity index is 190. The third kappa shape index (κ3) is 2.16. The summed E-state index contributed by atoms with van der Waals surface area (Å²) in [7, 11) is 0. The zero-order valence-electron chi connectivity index (χ0n) is 6.36. The van der Waals surface area contributed by atoms with Gasteiger partial charge in [0.25, 0.3) is 0 Å². The molecule has 0 aliphatic carbocycles. The first kappa shape index (κ1) is 7.95. The molecule has 4 heteroatoms. The van der Waals surface area contributed by atoms with Crippen LogP contribution in [0.4, 0.5) is 0 Å². The van der Waals surface area contributed by atoms with Crippen LogP contribution in [0.2, 0.25) is 0 Å². The average molecular weight is 153 g/mol. The molecule has 0 bridgehead atoms. The molecule has 0 aromatic heterocycles. The Morgan fingerprint density at radius 1 is 1.36 bits per heavy atom.